The normalized spacial score (nSPS) is 13.9. The number of hydrogen-bond acceptors (Lipinski definition) is 8. The molecule has 0 bridgehead atoms. The van der Waals surface area contributed by atoms with Crippen LogP contribution in [0.4, 0.5) is 0 Å². The third-order valence-corrected chi connectivity index (χ3v) is 5.15. The molecule has 1 N–H and O–H groups in total. The van der Waals surface area contributed by atoms with Crippen molar-refractivity contribution in [3.63, 3.8) is 0 Å². The number of rotatable bonds is 8. The van der Waals surface area contributed by atoms with Gasteiger partial charge in [-0.1, -0.05) is 11.8 Å². The van der Waals surface area contributed by atoms with E-state index in [0.29, 0.717) is 37.2 Å². The van der Waals surface area contributed by atoms with Crippen molar-refractivity contribution < 1.29 is 19.1 Å². The highest BCUT2D eigenvalue weighted by Crippen LogP contribution is 2.14. The van der Waals surface area contributed by atoms with Gasteiger partial charge in [-0.25, -0.2) is 15.4 Å². The molecular weight excluding hydrogens is 418 g/mol. The lowest BCUT2D eigenvalue weighted by molar-refractivity contribution is -0.137. The molecule has 2 heterocycles. The zero-order valence-corrected chi connectivity index (χ0v) is 18.4. The third kappa shape index (κ3) is 7.65. The molecule has 0 spiro atoms. The van der Waals surface area contributed by atoms with Gasteiger partial charge < -0.3 is 14.4 Å². The summed E-state index contributed by atoms with van der Waals surface area (Å²) in [7, 11) is 0. The van der Waals surface area contributed by atoms with Crippen molar-refractivity contribution in [1.82, 2.24) is 20.3 Å². The average molecular weight is 444 g/mol. The Morgan fingerprint density at radius 3 is 2.55 bits per heavy atom. The van der Waals surface area contributed by atoms with Gasteiger partial charge in [0.05, 0.1) is 25.2 Å². The number of morpholine rings is 1. The second-order valence-corrected chi connectivity index (χ2v) is 7.81. The minimum atomic E-state index is -0.245. The van der Waals surface area contributed by atoms with E-state index in [-0.39, 0.29) is 24.2 Å². The van der Waals surface area contributed by atoms with Crippen LogP contribution in [0.1, 0.15) is 17.0 Å². The van der Waals surface area contributed by atoms with Crippen LogP contribution in [0.25, 0.3) is 0 Å². The van der Waals surface area contributed by atoms with Crippen LogP contribution >= 0.6 is 11.8 Å². The van der Waals surface area contributed by atoms with Gasteiger partial charge in [0.2, 0.25) is 0 Å². The molecule has 3 rings (SSSR count). The molecule has 1 saturated heterocycles. The molecule has 1 aromatic carbocycles. The van der Waals surface area contributed by atoms with E-state index in [4.69, 9.17) is 9.47 Å². The zero-order valence-electron chi connectivity index (χ0n) is 17.5. The first-order valence-electron chi connectivity index (χ1n) is 9.85. The Bertz CT molecular complexity index is 910. The lowest BCUT2D eigenvalue weighted by Crippen LogP contribution is -2.42. The molecule has 1 aliphatic rings. The monoisotopic (exact) mass is 443 g/mol. The molecule has 1 aromatic heterocycles. The SMILES string of the molecule is Cc1cc(C)nc(SCC(=O)N/N=C\c2ccc(OCC(=O)N3CCOCC3)cc2)n1. The Kier molecular flexibility index (Phi) is 8.36. The number of carbonyl (C=O) groups excluding carboxylic acids is 2. The fourth-order valence-electron chi connectivity index (χ4n) is 2.80. The van der Waals surface area contributed by atoms with E-state index in [1.165, 1.54) is 11.8 Å². The fraction of sp³-hybridized carbons (Fsp3) is 0.381. The van der Waals surface area contributed by atoms with Gasteiger partial charge in [-0.05, 0) is 49.7 Å². The number of ether oxygens (including phenoxy) is 2. The first-order valence-corrected chi connectivity index (χ1v) is 10.8. The number of nitrogens with zero attached hydrogens (tertiary/aromatic N) is 4. The number of amides is 2. The maximum absolute atomic E-state index is 12.1. The van der Waals surface area contributed by atoms with Crippen molar-refractivity contribution in [3.8, 4) is 5.75 Å². The maximum Gasteiger partial charge on any atom is 0.260 e. The summed E-state index contributed by atoms with van der Waals surface area (Å²) in [4.78, 5) is 34.3. The minimum Gasteiger partial charge on any atom is -0.484 e. The summed E-state index contributed by atoms with van der Waals surface area (Å²) in [5.41, 5.74) is 5.01. The van der Waals surface area contributed by atoms with Crippen molar-refractivity contribution in [2.24, 2.45) is 5.10 Å². The summed E-state index contributed by atoms with van der Waals surface area (Å²) in [5, 5.41) is 4.53. The standard InChI is InChI=1S/C21H25N5O4S/c1-15-11-16(2)24-21(23-15)31-14-19(27)25-22-12-17-3-5-18(6-4-17)30-13-20(28)26-7-9-29-10-8-26/h3-6,11-12H,7-10,13-14H2,1-2H3,(H,25,27)/b22-12-. The Balaban J connectivity index is 1.39. The smallest absolute Gasteiger partial charge is 0.260 e. The molecule has 2 aromatic rings. The number of hydrogen-bond donors (Lipinski definition) is 1. The molecule has 1 aliphatic heterocycles. The third-order valence-electron chi connectivity index (χ3n) is 4.30. The van der Waals surface area contributed by atoms with Crippen LogP contribution < -0.4 is 10.2 Å². The van der Waals surface area contributed by atoms with Crippen LogP contribution in [0.5, 0.6) is 5.75 Å². The van der Waals surface area contributed by atoms with Crippen LogP contribution in [0.3, 0.4) is 0 Å². The number of carbonyl (C=O) groups is 2. The van der Waals surface area contributed by atoms with Gasteiger partial charge in [0.1, 0.15) is 5.75 Å². The average Bonchev–Trinajstić information content (AvgIpc) is 2.77. The molecule has 0 radical (unpaired) electrons. The van der Waals surface area contributed by atoms with Gasteiger partial charge in [0, 0.05) is 24.5 Å². The number of aryl methyl sites for hydroxylation is 2. The molecule has 2 amide bonds. The number of hydrazone groups is 1. The van der Waals surface area contributed by atoms with E-state index < -0.39 is 0 Å². The molecular formula is C21H25N5O4S. The van der Waals surface area contributed by atoms with Gasteiger partial charge in [-0.2, -0.15) is 5.10 Å². The van der Waals surface area contributed by atoms with Gasteiger partial charge in [0.15, 0.2) is 11.8 Å². The maximum atomic E-state index is 12.1. The van der Waals surface area contributed by atoms with Crippen molar-refractivity contribution in [3.05, 3.63) is 47.3 Å². The second kappa shape index (κ2) is 11.4. The van der Waals surface area contributed by atoms with Gasteiger partial charge in [-0.15, -0.1) is 0 Å². The molecule has 1 fully saturated rings. The largest absolute Gasteiger partial charge is 0.484 e. The lowest BCUT2D eigenvalue weighted by atomic mass is 10.2. The molecule has 164 valence electrons. The Morgan fingerprint density at radius 2 is 1.87 bits per heavy atom. The number of aromatic nitrogens is 2. The van der Waals surface area contributed by atoms with Crippen LogP contribution in [-0.4, -0.2) is 71.6 Å². The summed E-state index contributed by atoms with van der Waals surface area (Å²) >= 11 is 1.26. The van der Waals surface area contributed by atoms with Gasteiger partial charge in [-0.3, -0.25) is 9.59 Å². The Morgan fingerprint density at radius 1 is 1.19 bits per heavy atom. The van der Waals surface area contributed by atoms with E-state index in [2.05, 4.69) is 20.5 Å². The molecule has 0 saturated carbocycles. The van der Waals surface area contributed by atoms with Crippen LogP contribution in [0.2, 0.25) is 0 Å². The number of benzene rings is 1. The van der Waals surface area contributed by atoms with E-state index in [1.54, 1.807) is 35.4 Å². The van der Waals surface area contributed by atoms with E-state index in [0.717, 1.165) is 17.0 Å². The predicted octanol–water partition coefficient (Wildman–Crippen LogP) is 1.57. The predicted molar refractivity (Wildman–Crippen MR) is 117 cm³/mol. The van der Waals surface area contributed by atoms with Gasteiger partial charge in [0.25, 0.3) is 11.8 Å². The highest BCUT2D eigenvalue weighted by atomic mass is 32.2. The summed E-state index contributed by atoms with van der Waals surface area (Å²) < 4.78 is 10.8. The molecule has 0 unspecified atom stereocenters. The minimum absolute atomic E-state index is 0.00859. The number of thioether (sulfide) groups is 1. The first-order chi connectivity index (χ1) is 15.0. The Hall–Kier alpha value is -2.98. The van der Waals surface area contributed by atoms with Crippen LogP contribution in [-0.2, 0) is 14.3 Å². The summed E-state index contributed by atoms with van der Waals surface area (Å²) in [5.74, 6) is 0.462. The van der Waals surface area contributed by atoms with Crippen LogP contribution in [0.15, 0.2) is 40.6 Å². The van der Waals surface area contributed by atoms with E-state index in [9.17, 15) is 9.59 Å². The highest BCUT2D eigenvalue weighted by molar-refractivity contribution is 7.99. The molecule has 9 nitrogen and oxygen atoms in total. The summed E-state index contributed by atoms with van der Waals surface area (Å²) in [6.45, 7) is 6.09. The van der Waals surface area contributed by atoms with Crippen molar-refractivity contribution in [2.75, 3.05) is 38.7 Å². The Labute approximate surface area is 185 Å². The molecule has 10 heteroatoms. The summed E-state index contributed by atoms with van der Waals surface area (Å²) in [6.07, 6.45) is 1.54. The van der Waals surface area contributed by atoms with Crippen molar-refractivity contribution in [1.29, 1.82) is 0 Å². The highest BCUT2D eigenvalue weighted by Gasteiger charge is 2.17. The van der Waals surface area contributed by atoms with Crippen LogP contribution in [0, 0.1) is 13.8 Å². The molecule has 0 atom stereocenters. The quantitative estimate of drug-likeness (QED) is 0.286. The summed E-state index contributed by atoms with van der Waals surface area (Å²) in [6, 6.07) is 8.98. The fourth-order valence-corrected chi connectivity index (χ4v) is 3.54. The van der Waals surface area contributed by atoms with Gasteiger partial charge >= 0.3 is 0 Å². The van der Waals surface area contributed by atoms with E-state index >= 15 is 0 Å². The van der Waals surface area contributed by atoms with Crippen molar-refractivity contribution >= 4 is 29.8 Å². The molecule has 0 aliphatic carbocycles. The first kappa shape index (κ1) is 22.7. The lowest BCUT2D eigenvalue weighted by Gasteiger charge is -2.26. The van der Waals surface area contributed by atoms with E-state index in [1.807, 2.05) is 19.9 Å². The zero-order chi connectivity index (χ0) is 22.1. The van der Waals surface area contributed by atoms with Crippen molar-refractivity contribution in [2.45, 2.75) is 19.0 Å². The topological polar surface area (TPSA) is 106 Å². The molecule has 31 heavy (non-hydrogen) atoms. The second-order valence-electron chi connectivity index (χ2n) is 6.87. The number of nitrogens with one attached hydrogen (secondary N) is 1.